The number of aliphatic carboxylic acids is 1. The molecule has 0 aromatic heterocycles. The summed E-state index contributed by atoms with van der Waals surface area (Å²) in [5.41, 5.74) is 0. The summed E-state index contributed by atoms with van der Waals surface area (Å²) in [6.45, 7) is 3.39. The van der Waals surface area contributed by atoms with E-state index < -0.39 is 22.0 Å². The van der Waals surface area contributed by atoms with Crippen molar-refractivity contribution in [2.75, 3.05) is 7.11 Å². The fraction of sp³-hybridized carbons (Fsp3) is 0.250. The second kappa shape index (κ2) is 6.35. The van der Waals surface area contributed by atoms with Crippen molar-refractivity contribution in [3.05, 3.63) is 36.9 Å². The number of carboxylic acids is 1. The van der Waals surface area contributed by atoms with Crippen LogP contribution in [0.1, 0.15) is 6.42 Å². The number of benzene rings is 1. The second-order valence-corrected chi connectivity index (χ2v) is 5.43. The molecule has 0 bridgehead atoms. The molecule has 0 aliphatic heterocycles. The van der Waals surface area contributed by atoms with Gasteiger partial charge in [-0.05, 0) is 30.7 Å². The molecule has 1 atom stereocenters. The van der Waals surface area contributed by atoms with Gasteiger partial charge in [-0.25, -0.2) is 8.42 Å². The molecule has 19 heavy (non-hydrogen) atoms. The van der Waals surface area contributed by atoms with E-state index in [0.717, 1.165) is 0 Å². The van der Waals surface area contributed by atoms with Gasteiger partial charge >= 0.3 is 5.97 Å². The predicted molar refractivity (Wildman–Crippen MR) is 69.6 cm³/mol. The number of rotatable bonds is 7. The quantitative estimate of drug-likeness (QED) is 0.729. The Kier molecular flexibility index (Phi) is 5.08. The van der Waals surface area contributed by atoms with Crippen LogP contribution in [0.5, 0.6) is 5.75 Å². The van der Waals surface area contributed by atoms with Crippen molar-refractivity contribution in [1.29, 1.82) is 0 Å². The zero-order chi connectivity index (χ0) is 14.5. The van der Waals surface area contributed by atoms with Gasteiger partial charge in [0.2, 0.25) is 10.0 Å². The number of carbonyl (C=O) groups is 1. The van der Waals surface area contributed by atoms with Crippen molar-refractivity contribution in [1.82, 2.24) is 4.72 Å². The highest BCUT2D eigenvalue weighted by molar-refractivity contribution is 7.89. The first-order chi connectivity index (χ1) is 8.90. The lowest BCUT2D eigenvalue weighted by atomic mass is 10.2. The van der Waals surface area contributed by atoms with Crippen LogP contribution in [0.25, 0.3) is 0 Å². The Morgan fingerprint density at radius 1 is 1.47 bits per heavy atom. The standard InChI is InChI=1S/C12H15NO5S/c1-3-4-11(12(14)15)13-19(16,17)10-7-5-9(18-2)6-8-10/h3,5-8,11,13H,1,4H2,2H3,(H,14,15)/t11-/m1/s1. The maximum Gasteiger partial charge on any atom is 0.322 e. The molecule has 0 heterocycles. The fourth-order valence-corrected chi connectivity index (χ4v) is 2.58. The molecule has 2 N–H and O–H groups in total. The molecule has 1 aromatic rings. The number of ether oxygens (including phenoxy) is 1. The average molecular weight is 285 g/mol. The second-order valence-electron chi connectivity index (χ2n) is 3.71. The molecule has 0 saturated heterocycles. The molecule has 1 rings (SSSR count). The largest absolute Gasteiger partial charge is 0.497 e. The molecule has 0 aliphatic rings. The van der Waals surface area contributed by atoms with E-state index in [-0.39, 0.29) is 11.3 Å². The van der Waals surface area contributed by atoms with Gasteiger partial charge in [-0.3, -0.25) is 4.79 Å². The van der Waals surface area contributed by atoms with Crippen molar-refractivity contribution in [2.24, 2.45) is 0 Å². The molecule has 0 saturated carbocycles. The summed E-state index contributed by atoms with van der Waals surface area (Å²) in [6.07, 6.45) is 1.35. The van der Waals surface area contributed by atoms with E-state index in [2.05, 4.69) is 11.3 Å². The van der Waals surface area contributed by atoms with Crippen LogP contribution in [-0.4, -0.2) is 32.6 Å². The number of hydrogen-bond acceptors (Lipinski definition) is 4. The molecule has 0 unspecified atom stereocenters. The van der Waals surface area contributed by atoms with Crippen molar-refractivity contribution in [3.8, 4) is 5.75 Å². The lowest BCUT2D eigenvalue weighted by molar-refractivity contribution is -0.138. The van der Waals surface area contributed by atoms with Crippen LogP contribution in [0.3, 0.4) is 0 Å². The highest BCUT2D eigenvalue weighted by atomic mass is 32.2. The van der Waals surface area contributed by atoms with Crippen LogP contribution >= 0.6 is 0 Å². The van der Waals surface area contributed by atoms with Crippen molar-refractivity contribution in [2.45, 2.75) is 17.4 Å². The van der Waals surface area contributed by atoms with E-state index in [1.54, 1.807) is 0 Å². The Morgan fingerprint density at radius 3 is 2.47 bits per heavy atom. The van der Waals surface area contributed by atoms with Crippen LogP contribution in [-0.2, 0) is 14.8 Å². The molecule has 0 fully saturated rings. The SMILES string of the molecule is C=CC[C@@H](NS(=O)(=O)c1ccc(OC)cc1)C(=O)O. The third-order valence-corrected chi connectivity index (χ3v) is 3.86. The van der Waals surface area contributed by atoms with Gasteiger partial charge in [-0.1, -0.05) is 6.08 Å². The predicted octanol–water partition coefficient (Wildman–Crippen LogP) is 1.00. The van der Waals surface area contributed by atoms with E-state index in [9.17, 15) is 13.2 Å². The highest BCUT2D eigenvalue weighted by Gasteiger charge is 2.24. The zero-order valence-corrected chi connectivity index (χ0v) is 11.2. The van der Waals surface area contributed by atoms with E-state index in [4.69, 9.17) is 9.84 Å². The Bertz CT molecular complexity index is 550. The van der Waals surface area contributed by atoms with E-state index in [0.29, 0.717) is 5.75 Å². The first kappa shape index (κ1) is 15.2. The van der Waals surface area contributed by atoms with Gasteiger partial charge < -0.3 is 9.84 Å². The summed E-state index contributed by atoms with van der Waals surface area (Å²) < 4.78 is 31.0. The Hall–Kier alpha value is -1.86. The van der Waals surface area contributed by atoms with E-state index in [1.165, 1.54) is 37.5 Å². The number of methoxy groups -OCH3 is 1. The van der Waals surface area contributed by atoms with Gasteiger partial charge in [-0.15, -0.1) is 6.58 Å². The summed E-state index contributed by atoms with van der Waals surface area (Å²) >= 11 is 0. The Balaban J connectivity index is 2.95. The van der Waals surface area contributed by atoms with Crippen LogP contribution in [0, 0.1) is 0 Å². The topological polar surface area (TPSA) is 92.7 Å². The number of hydrogen-bond donors (Lipinski definition) is 2. The summed E-state index contributed by atoms with van der Waals surface area (Å²) in [7, 11) is -2.42. The van der Waals surface area contributed by atoms with Gasteiger partial charge in [0.1, 0.15) is 11.8 Å². The van der Waals surface area contributed by atoms with Crippen LogP contribution in [0.15, 0.2) is 41.8 Å². The number of nitrogens with one attached hydrogen (secondary N) is 1. The zero-order valence-electron chi connectivity index (χ0n) is 10.4. The third-order valence-electron chi connectivity index (χ3n) is 2.37. The Labute approximate surface area is 111 Å². The molecule has 104 valence electrons. The first-order valence-electron chi connectivity index (χ1n) is 5.41. The summed E-state index contributed by atoms with van der Waals surface area (Å²) in [5.74, 6) is -0.739. The summed E-state index contributed by atoms with van der Waals surface area (Å²) in [5, 5.41) is 8.90. The van der Waals surface area contributed by atoms with Crippen LogP contribution < -0.4 is 9.46 Å². The first-order valence-corrected chi connectivity index (χ1v) is 6.89. The van der Waals surface area contributed by atoms with Crippen molar-refractivity contribution < 1.29 is 23.1 Å². The van der Waals surface area contributed by atoms with E-state index >= 15 is 0 Å². The van der Waals surface area contributed by atoms with Gasteiger partial charge in [-0.2, -0.15) is 4.72 Å². The molecular weight excluding hydrogens is 270 g/mol. The fourth-order valence-electron chi connectivity index (χ4n) is 1.38. The Morgan fingerprint density at radius 2 is 2.05 bits per heavy atom. The van der Waals surface area contributed by atoms with Gasteiger partial charge in [0, 0.05) is 0 Å². The van der Waals surface area contributed by atoms with Gasteiger partial charge in [0.25, 0.3) is 0 Å². The highest BCUT2D eigenvalue weighted by Crippen LogP contribution is 2.16. The molecule has 6 nitrogen and oxygen atoms in total. The summed E-state index contributed by atoms with van der Waals surface area (Å²) in [4.78, 5) is 10.9. The van der Waals surface area contributed by atoms with Crippen LogP contribution in [0.2, 0.25) is 0 Å². The molecule has 0 amide bonds. The molecule has 0 radical (unpaired) electrons. The monoisotopic (exact) mass is 285 g/mol. The maximum absolute atomic E-state index is 12.0. The molecule has 1 aromatic carbocycles. The maximum atomic E-state index is 12.0. The minimum Gasteiger partial charge on any atom is -0.497 e. The molecule has 0 spiro atoms. The smallest absolute Gasteiger partial charge is 0.322 e. The lowest BCUT2D eigenvalue weighted by Crippen LogP contribution is -2.40. The lowest BCUT2D eigenvalue weighted by Gasteiger charge is -2.13. The minimum absolute atomic E-state index is 0.00468. The normalized spacial score (nSPS) is 12.7. The minimum atomic E-state index is -3.89. The number of sulfonamides is 1. The number of carboxylic acid groups (broad SMARTS) is 1. The van der Waals surface area contributed by atoms with Crippen LogP contribution in [0.4, 0.5) is 0 Å². The van der Waals surface area contributed by atoms with Crippen molar-refractivity contribution in [3.63, 3.8) is 0 Å². The molecular formula is C12H15NO5S. The molecule has 7 heteroatoms. The van der Waals surface area contributed by atoms with Gasteiger partial charge in [0.05, 0.1) is 12.0 Å². The average Bonchev–Trinajstić information content (AvgIpc) is 2.38. The summed E-state index contributed by atoms with van der Waals surface area (Å²) in [6, 6.07) is 4.42. The third kappa shape index (κ3) is 4.08. The van der Waals surface area contributed by atoms with Gasteiger partial charge in [0.15, 0.2) is 0 Å². The molecule has 0 aliphatic carbocycles. The van der Waals surface area contributed by atoms with E-state index in [1.807, 2.05) is 0 Å². The van der Waals surface area contributed by atoms with Crippen molar-refractivity contribution >= 4 is 16.0 Å².